The van der Waals surface area contributed by atoms with Gasteiger partial charge in [-0.2, -0.15) is 11.3 Å². The highest BCUT2D eigenvalue weighted by Crippen LogP contribution is 2.20. The standard InChI is InChI=1S/C20H23N3O3S/c1-26-11-10-23-9-6-15-13-17(4-5-18(15)23)22-19(24)3-2-8-21-20(25)16-7-12-27-14-16/h4-7,9,12-14H,2-3,8,10-11H2,1H3,(H,21,25)(H,22,24). The Morgan fingerprint density at radius 3 is 2.89 bits per heavy atom. The van der Waals surface area contributed by atoms with Gasteiger partial charge in [0.05, 0.1) is 6.61 Å². The lowest BCUT2D eigenvalue weighted by Crippen LogP contribution is -2.25. The summed E-state index contributed by atoms with van der Waals surface area (Å²) >= 11 is 1.49. The van der Waals surface area contributed by atoms with Gasteiger partial charge in [0.25, 0.3) is 5.91 Å². The number of carbonyl (C=O) groups is 2. The lowest BCUT2D eigenvalue weighted by atomic mass is 10.2. The molecule has 3 aromatic rings. The van der Waals surface area contributed by atoms with Crippen molar-refractivity contribution in [2.24, 2.45) is 0 Å². The number of thiophene rings is 1. The molecule has 0 bridgehead atoms. The van der Waals surface area contributed by atoms with Crippen LogP contribution in [-0.2, 0) is 16.1 Å². The number of nitrogens with zero attached hydrogens (tertiary/aromatic N) is 1. The Balaban J connectivity index is 1.45. The molecule has 0 radical (unpaired) electrons. The number of anilines is 1. The van der Waals surface area contributed by atoms with E-state index in [1.807, 2.05) is 35.8 Å². The predicted molar refractivity (Wildman–Crippen MR) is 108 cm³/mol. The maximum absolute atomic E-state index is 12.1. The van der Waals surface area contributed by atoms with Gasteiger partial charge in [0.1, 0.15) is 0 Å². The minimum Gasteiger partial charge on any atom is -0.383 e. The first-order valence-corrected chi connectivity index (χ1v) is 9.80. The molecule has 142 valence electrons. The molecule has 2 amide bonds. The molecule has 1 aromatic carbocycles. The van der Waals surface area contributed by atoms with Crippen LogP contribution in [0, 0.1) is 0 Å². The van der Waals surface area contributed by atoms with Crippen molar-refractivity contribution in [3.8, 4) is 0 Å². The van der Waals surface area contributed by atoms with E-state index < -0.39 is 0 Å². The predicted octanol–water partition coefficient (Wildman–Crippen LogP) is 3.50. The van der Waals surface area contributed by atoms with Gasteiger partial charge in [-0.05, 0) is 42.1 Å². The molecule has 0 atom stereocenters. The van der Waals surface area contributed by atoms with Crippen LogP contribution in [0.2, 0.25) is 0 Å². The highest BCUT2D eigenvalue weighted by atomic mass is 32.1. The van der Waals surface area contributed by atoms with E-state index in [0.29, 0.717) is 31.6 Å². The molecule has 2 heterocycles. The Labute approximate surface area is 162 Å². The fourth-order valence-electron chi connectivity index (χ4n) is 2.83. The number of fused-ring (bicyclic) bond motifs is 1. The number of nitrogens with one attached hydrogen (secondary N) is 2. The lowest BCUT2D eigenvalue weighted by Gasteiger charge is -2.08. The summed E-state index contributed by atoms with van der Waals surface area (Å²) in [5, 5.41) is 10.5. The molecule has 0 unspecified atom stereocenters. The molecule has 2 aromatic heterocycles. The fourth-order valence-corrected chi connectivity index (χ4v) is 3.47. The van der Waals surface area contributed by atoms with Crippen molar-refractivity contribution >= 4 is 39.7 Å². The number of amides is 2. The van der Waals surface area contributed by atoms with Crippen molar-refractivity contribution in [3.63, 3.8) is 0 Å². The molecule has 27 heavy (non-hydrogen) atoms. The van der Waals surface area contributed by atoms with Crippen molar-refractivity contribution in [3.05, 3.63) is 52.9 Å². The summed E-state index contributed by atoms with van der Waals surface area (Å²) in [6.07, 6.45) is 2.97. The molecule has 6 nitrogen and oxygen atoms in total. The number of methoxy groups -OCH3 is 1. The maximum atomic E-state index is 12.1. The van der Waals surface area contributed by atoms with Gasteiger partial charge in [-0.3, -0.25) is 9.59 Å². The zero-order valence-corrected chi connectivity index (χ0v) is 16.1. The topological polar surface area (TPSA) is 72.4 Å². The van der Waals surface area contributed by atoms with Crippen molar-refractivity contribution in [2.75, 3.05) is 25.6 Å². The monoisotopic (exact) mass is 385 g/mol. The smallest absolute Gasteiger partial charge is 0.252 e. The normalized spacial score (nSPS) is 10.9. The van der Waals surface area contributed by atoms with E-state index >= 15 is 0 Å². The number of aromatic nitrogens is 1. The zero-order chi connectivity index (χ0) is 19.1. The van der Waals surface area contributed by atoms with Gasteiger partial charge in [-0.1, -0.05) is 0 Å². The molecule has 3 rings (SSSR count). The Morgan fingerprint density at radius 1 is 1.22 bits per heavy atom. The summed E-state index contributed by atoms with van der Waals surface area (Å²) < 4.78 is 7.24. The Hall–Kier alpha value is -2.64. The quantitative estimate of drug-likeness (QED) is 0.554. The maximum Gasteiger partial charge on any atom is 0.252 e. The number of ether oxygens (including phenoxy) is 1. The van der Waals surface area contributed by atoms with E-state index in [1.165, 1.54) is 11.3 Å². The Kier molecular flexibility index (Phi) is 6.62. The number of hydrogen-bond donors (Lipinski definition) is 2. The molecule has 2 N–H and O–H groups in total. The second-order valence-electron chi connectivity index (χ2n) is 6.20. The van der Waals surface area contributed by atoms with Crippen LogP contribution in [0.15, 0.2) is 47.3 Å². The van der Waals surface area contributed by atoms with E-state index in [2.05, 4.69) is 15.2 Å². The zero-order valence-electron chi connectivity index (χ0n) is 15.2. The molecule has 0 fully saturated rings. The van der Waals surface area contributed by atoms with Crippen LogP contribution < -0.4 is 10.6 Å². The van der Waals surface area contributed by atoms with Gasteiger partial charge in [0.2, 0.25) is 5.91 Å². The molecule has 0 saturated heterocycles. The Morgan fingerprint density at radius 2 is 2.11 bits per heavy atom. The molecule has 0 aliphatic heterocycles. The highest BCUT2D eigenvalue weighted by Gasteiger charge is 2.07. The van der Waals surface area contributed by atoms with Crippen LogP contribution in [0.1, 0.15) is 23.2 Å². The molecule has 0 saturated carbocycles. The molecule has 7 heteroatoms. The van der Waals surface area contributed by atoms with Gasteiger partial charge in [0.15, 0.2) is 0 Å². The van der Waals surface area contributed by atoms with Crippen LogP contribution in [0.4, 0.5) is 5.69 Å². The summed E-state index contributed by atoms with van der Waals surface area (Å²) in [6.45, 7) is 1.93. The second kappa shape index (κ2) is 9.34. The van der Waals surface area contributed by atoms with E-state index in [9.17, 15) is 9.59 Å². The summed E-state index contributed by atoms with van der Waals surface area (Å²) in [5.74, 6) is -0.155. The minimum atomic E-state index is -0.0971. The SMILES string of the molecule is COCCn1ccc2cc(NC(=O)CCCNC(=O)c3ccsc3)ccc21. The first-order valence-electron chi connectivity index (χ1n) is 8.85. The van der Waals surface area contributed by atoms with E-state index in [0.717, 1.165) is 23.1 Å². The summed E-state index contributed by atoms with van der Waals surface area (Å²) in [5.41, 5.74) is 2.55. The van der Waals surface area contributed by atoms with Gasteiger partial charge in [0, 0.05) is 60.4 Å². The highest BCUT2D eigenvalue weighted by molar-refractivity contribution is 7.08. The van der Waals surface area contributed by atoms with Crippen molar-refractivity contribution in [1.82, 2.24) is 9.88 Å². The van der Waals surface area contributed by atoms with E-state index in [-0.39, 0.29) is 11.8 Å². The average Bonchev–Trinajstić information content (AvgIpc) is 3.33. The first kappa shape index (κ1) is 19.1. The Bertz CT molecular complexity index is 902. The van der Waals surface area contributed by atoms with Crippen molar-refractivity contribution in [1.29, 1.82) is 0 Å². The van der Waals surface area contributed by atoms with Gasteiger partial charge in [-0.25, -0.2) is 0 Å². The van der Waals surface area contributed by atoms with Crippen LogP contribution in [0.3, 0.4) is 0 Å². The van der Waals surface area contributed by atoms with E-state index in [4.69, 9.17) is 4.74 Å². The molecule has 0 spiro atoms. The molecule has 0 aliphatic carbocycles. The van der Waals surface area contributed by atoms with Crippen molar-refractivity contribution in [2.45, 2.75) is 19.4 Å². The third-order valence-corrected chi connectivity index (χ3v) is 4.92. The first-order chi connectivity index (χ1) is 13.2. The molecular weight excluding hydrogens is 362 g/mol. The summed E-state index contributed by atoms with van der Waals surface area (Å²) in [6, 6.07) is 9.68. The van der Waals surface area contributed by atoms with E-state index in [1.54, 1.807) is 18.6 Å². The minimum absolute atomic E-state index is 0.0575. The number of benzene rings is 1. The van der Waals surface area contributed by atoms with Crippen LogP contribution in [0.25, 0.3) is 10.9 Å². The summed E-state index contributed by atoms with van der Waals surface area (Å²) in [7, 11) is 1.69. The average molecular weight is 385 g/mol. The van der Waals surface area contributed by atoms with Gasteiger partial charge in [-0.15, -0.1) is 0 Å². The fraction of sp³-hybridized carbons (Fsp3) is 0.300. The largest absolute Gasteiger partial charge is 0.383 e. The van der Waals surface area contributed by atoms with Gasteiger partial charge >= 0.3 is 0 Å². The number of rotatable bonds is 9. The number of hydrogen-bond acceptors (Lipinski definition) is 4. The van der Waals surface area contributed by atoms with Crippen molar-refractivity contribution < 1.29 is 14.3 Å². The third-order valence-electron chi connectivity index (χ3n) is 4.24. The number of carbonyl (C=O) groups excluding carboxylic acids is 2. The van der Waals surface area contributed by atoms with Gasteiger partial charge < -0.3 is 19.9 Å². The summed E-state index contributed by atoms with van der Waals surface area (Å²) in [4.78, 5) is 23.9. The van der Waals surface area contributed by atoms with Crippen LogP contribution in [-0.4, -0.2) is 36.6 Å². The second-order valence-corrected chi connectivity index (χ2v) is 6.98. The molecule has 0 aliphatic rings. The van der Waals surface area contributed by atoms with Crippen LogP contribution >= 0.6 is 11.3 Å². The molecular formula is C20H23N3O3S. The lowest BCUT2D eigenvalue weighted by molar-refractivity contribution is -0.116. The third kappa shape index (κ3) is 5.18. The van der Waals surface area contributed by atoms with Crippen LogP contribution in [0.5, 0.6) is 0 Å².